The number of fused-ring (bicyclic) bond motifs is 1. The first-order chi connectivity index (χ1) is 10.4. The number of hydrogen-bond donors (Lipinski definition) is 1. The topological polar surface area (TPSA) is 71.4 Å². The fraction of sp³-hybridized carbons (Fsp3) is 0.333. The van der Waals surface area contributed by atoms with Crippen LogP contribution >= 0.6 is 11.3 Å². The molecular formula is C15H17N3O2S2. The second kappa shape index (κ2) is 5.48. The first-order valence-corrected chi connectivity index (χ1v) is 9.40. The molecule has 0 spiro atoms. The molecule has 0 amide bonds. The van der Waals surface area contributed by atoms with Crippen molar-refractivity contribution in [1.82, 2.24) is 9.71 Å². The Balaban J connectivity index is 1.96. The molecule has 7 heteroatoms. The van der Waals surface area contributed by atoms with E-state index >= 15 is 0 Å². The van der Waals surface area contributed by atoms with Crippen LogP contribution < -0.4 is 4.72 Å². The second-order valence-corrected chi connectivity index (χ2v) is 8.06. The third-order valence-corrected chi connectivity index (χ3v) is 6.01. The molecule has 2 heterocycles. The second-order valence-electron chi connectivity index (χ2n) is 5.52. The highest BCUT2D eigenvalue weighted by Gasteiger charge is 2.30. The van der Waals surface area contributed by atoms with Crippen molar-refractivity contribution in [3.8, 4) is 0 Å². The van der Waals surface area contributed by atoms with Crippen LogP contribution in [-0.2, 0) is 10.0 Å². The maximum atomic E-state index is 12.1. The Morgan fingerprint density at radius 2 is 1.95 bits per heavy atom. The Kier molecular flexibility index (Phi) is 3.78. The van der Waals surface area contributed by atoms with Gasteiger partial charge in [-0.2, -0.15) is 0 Å². The Morgan fingerprint density at radius 3 is 2.64 bits per heavy atom. The molecule has 0 aliphatic carbocycles. The lowest BCUT2D eigenvalue weighted by Gasteiger charge is -2.05. The van der Waals surface area contributed by atoms with Gasteiger partial charge in [-0.1, -0.05) is 26.0 Å². The van der Waals surface area contributed by atoms with Gasteiger partial charge in [-0.05, 0) is 19.1 Å². The van der Waals surface area contributed by atoms with Gasteiger partial charge in [0.2, 0.25) is 0 Å². The SMILES string of the molecule is CC(C)c1nc(C(C)N=C2NS(=O)(=O)c3ccccc32)cs1. The summed E-state index contributed by atoms with van der Waals surface area (Å²) < 4.78 is 26.7. The molecule has 2 aromatic rings. The van der Waals surface area contributed by atoms with Crippen LogP contribution in [0.2, 0.25) is 0 Å². The molecule has 1 aliphatic heterocycles. The molecule has 1 atom stereocenters. The zero-order chi connectivity index (χ0) is 15.9. The minimum Gasteiger partial charge on any atom is -0.263 e. The van der Waals surface area contributed by atoms with E-state index in [1.807, 2.05) is 12.3 Å². The summed E-state index contributed by atoms with van der Waals surface area (Å²) in [6, 6.07) is 6.66. The van der Waals surface area contributed by atoms with Gasteiger partial charge in [0.25, 0.3) is 10.0 Å². The number of nitrogens with one attached hydrogen (secondary N) is 1. The number of amidine groups is 1. The Morgan fingerprint density at radius 1 is 1.23 bits per heavy atom. The van der Waals surface area contributed by atoms with E-state index < -0.39 is 10.0 Å². The summed E-state index contributed by atoms with van der Waals surface area (Å²) in [6.45, 7) is 6.11. The minimum atomic E-state index is -3.49. The van der Waals surface area contributed by atoms with Crippen LogP contribution in [0.3, 0.4) is 0 Å². The lowest BCUT2D eigenvalue weighted by molar-refractivity contribution is 0.595. The number of rotatable bonds is 3. The Labute approximate surface area is 134 Å². The van der Waals surface area contributed by atoms with Crippen LogP contribution in [-0.4, -0.2) is 19.2 Å². The van der Waals surface area contributed by atoms with E-state index in [-0.39, 0.29) is 10.9 Å². The summed E-state index contributed by atoms with van der Waals surface area (Å²) in [5.41, 5.74) is 1.48. The number of thiazole rings is 1. The maximum absolute atomic E-state index is 12.1. The van der Waals surface area contributed by atoms with Gasteiger partial charge in [-0.25, -0.2) is 13.4 Å². The van der Waals surface area contributed by atoms with Crippen molar-refractivity contribution in [2.45, 2.75) is 37.6 Å². The van der Waals surface area contributed by atoms with Crippen molar-refractivity contribution in [3.05, 3.63) is 45.9 Å². The molecule has 0 saturated heterocycles. The number of nitrogens with zero attached hydrogens (tertiary/aromatic N) is 2. The fourth-order valence-corrected chi connectivity index (χ4v) is 4.41. The Hall–Kier alpha value is -1.73. The molecule has 1 unspecified atom stereocenters. The van der Waals surface area contributed by atoms with Gasteiger partial charge in [0.05, 0.1) is 21.6 Å². The normalized spacial score (nSPS) is 19.2. The molecule has 5 nitrogen and oxygen atoms in total. The van der Waals surface area contributed by atoms with E-state index in [0.29, 0.717) is 17.3 Å². The van der Waals surface area contributed by atoms with Crippen LogP contribution in [0.1, 0.15) is 49.0 Å². The lowest BCUT2D eigenvalue weighted by atomic mass is 10.2. The van der Waals surface area contributed by atoms with E-state index in [4.69, 9.17) is 0 Å². The summed E-state index contributed by atoms with van der Waals surface area (Å²) in [6.07, 6.45) is 0. The molecule has 116 valence electrons. The molecule has 1 N–H and O–H groups in total. The highest BCUT2D eigenvalue weighted by atomic mass is 32.2. The van der Waals surface area contributed by atoms with Gasteiger partial charge in [-0.15, -0.1) is 11.3 Å². The zero-order valence-electron chi connectivity index (χ0n) is 12.6. The average Bonchev–Trinajstić information content (AvgIpc) is 3.04. The van der Waals surface area contributed by atoms with Gasteiger partial charge in [0.1, 0.15) is 5.84 Å². The molecule has 0 radical (unpaired) electrons. The average molecular weight is 335 g/mol. The largest absolute Gasteiger partial charge is 0.263 e. The highest BCUT2D eigenvalue weighted by Crippen LogP contribution is 2.27. The van der Waals surface area contributed by atoms with E-state index in [0.717, 1.165) is 10.7 Å². The summed E-state index contributed by atoms with van der Waals surface area (Å²) >= 11 is 1.61. The summed E-state index contributed by atoms with van der Waals surface area (Å²) in [7, 11) is -3.49. The predicted octanol–water partition coefficient (Wildman–Crippen LogP) is 3.07. The van der Waals surface area contributed by atoms with Gasteiger partial charge in [0, 0.05) is 16.9 Å². The van der Waals surface area contributed by atoms with Gasteiger partial charge >= 0.3 is 0 Å². The van der Waals surface area contributed by atoms with Crippen molar-refractivity contribution >= 4 is 27.2 Å². The highest BCUT2D eigenvalue weighted by molar-refractivity contribution is 7.90. The van der Waals surface area contributed by atoms with Gasteiger partial charge in [0.15, 0.2) is 0 Å². The van der Waals surface area contributed by atoms with E-state index in [1.54, 1.807) is 35.6 Å². The molecule has 1 aromatic heterocycles. The van der Waals surface area contributed by atoms with Crippen molar-refractivity contribution < 1.29 is 8.42 Å². The standard InChI is InChI=1S/C15H17N3O2S2/c1-9(2)15-17-12(8-21-15)10(3)16-14-11-6-4-5-7-13(11)22(19,20)18-14/h4-10H,1-3H3,(H,16,18). The van der Waals surface area contributed by atoms with E-state index in [1.165, 1.54) is 0 Å². The number of sulfonamides is 1. The maximum Gasteiger partial charge on any atom is 0.263 e. The molecule has 1 aliphatic rings. The van der Waals surface area contributed by atoms with Crippen LogP contribution in [0, 0.1) is 0 Å². The first-order valence-electron chi connectivity index (χ1n) is 7.04. The number of aliphatic imine (C=N–C) groups is 1. The fourth-order valence-electron chi connectivity index (χ4n) is 2.25. The minimum absolute atomic E-state index is 0.201. The number of benzene rings is 1. The molecule has 0 fully saturated rings. The first kappa shape index (κ1) is 15.2. The van der Waals surface area contributed by atoms with E-state index in [2.05, 4.69) is 28.5 Å². The monoisotopic (exact) mass is 335 g/mol. The lowest BCUT2D eigenvalue weighted by Crippen LogP contribution is -2.22. The quantitative estimate of drug-likeness (QED) is 0.937. The molecule has 0 bridgehead atoms. The molecular weight excluding hydrogens is 318 g/mol. The van der Waals surface area contributed by atoms with E-state index in [9.17, 15) is 8.42 Å². The zero-order valence-corrected chi connectivity index (χ0v) is 14.2. The van der Waals surface area contributed by atoms with Crippen LogP contribution in [0.15, 0.2) is 39.5 Å². The van der Waals surface area contributed by atoms with Crippen LogP contribution in [0.4, 0.5) is 0 Å². The third-order valence-electron chi connectivity index (χ3n) is 3.45. The van der Waals surface area contributed by atoms with Crippen LogP contribution in [0.25, 0.3) is 0 Å². The smallest absolute Gasteiger partial charge is 0.263 e. The Bertz CT molecular complexity index is 838. The van der Waals surface area contributed by atoms with Crippen LogP contribution in [0.5, 0.6) is 0 Å². The summed E-state index contributed by atoms with van der Waals surface area (Å²) in [5.74, 6) is 0.770. The van der Waals surface area contributed by atoms with Crippen molar-refractivity contribution in [1.29, 1.82) is 0 Å². The van der Waals surface area contributed by atoms with Crippen molar-refractivity contribution in [2.75, 3.05) is 0 Å². The van der Waals surface area contributed by atoms with Crippen molar-refractivity contribution in [2.24, 2.45) is 4.99 Å². The van der Waals surface area contributed by atoms with Crippen molar-refractivity contribution in [3.63, 3.8) is 0 Å². The summed E-state index contributed by atoms with van der Waals surface area (Å²) in [5, 5.41) is 3.05. The molecule has 22 heavy (non-hydrogen) atoms. The number of hydrogen-bond acceptors (Lipinski definition) is 5. The predicted molar refractivity (Wildman–Crippen MR) is 87.9 cm³/mol. The molecule has 3 rings (SSSR count). The summed E-state index contributed by atoms with van der Waals surface area (Å²) in [4.78, 5) is 9.38. The number of aromatic nitrogens is 1. The molecule has 1 aromatic carbocycles. The third kappa shape index (κ3) is 2.66. The van der Waals surface area contributed by atoms with Gasteiger partial charge < -0.3 is 0 Å². The van der Waals surface area contributed by atoms with Gasteiger partial charge in [-0.3, -0.25) is 9.71 Å². The molecule has 0 saturated carbocycles.